The highest BCUT2D eigenvalue weighted by atomic mass is 15.2. The summed E-state index contributed by atoms with van der Waals surface area (Å²) in [6, 6.07) is 43.7. The van der Waals surface area contributed by atoms with Crippen LogP contribution in [-0.4, -0.2) is 43.6 Å². The van der Waals surface area contributed by atoms with Gasteiger partial charge in [0.15, 0.2) is 16.9 Å². The van der Waals surface area contributed by atoms with Gasteiger partial charge in [-0.05, 0) is 112 Å². The fourth-order valence-corrected chi connectivity index (χ4v) is 7.15. The van der Waals surface area contributed by atoms with Crippen LogP contribution < -0.4 is 0 Å². The van der Waals surface area contributed by atoms with Crippen LogP contribution in [0.15, 0.2) is 146 Å². The fraction of sp³-hybridized carbons (Fsp3) is 0.0667. The molecule has 0 fully saturated rings. The molecular weight excluding hydrogens is 667 g/mol. The summed E-state index contributed by atoms with van der Waals surface area (Å²) in [5.41, 5.74) is 13.8. The molecule has 54 heavy (non-hydrogen) atoms. The van der Waals surface area contributed by atoms with Gasteiger partial charge >= 0.3 is 0 Å². The van der Waals surface area contributed by atoms with Gasteiger partial charge in [-0.15, -0.1) is 0 Å². The van der Waals surface area contributed by atoms with Crippen molar-refractivity contribution in [1.82, 2.24) is 43.6 Å². The molecule has 9 nitrogen and oxygen atoms in total. The molecule has 0 N–H and O–H groups in total. The lowest BCUT2D eigenvalue weighted by Gasteiger charge is -2.15. The quantitative estimate of drug-likeness (QED) is 0.172. The van der Waals surface area contributed by atoms with Crippen molar-refractivity contribution in [2.75, 3.05) is 0 Å². The van der Waals surface area contributed by atoms with E-state index in [0.717, 1.165) is 84.7 Å². The van der Waals surface area contributed by atoms with Crippen LogP contribution >= 0.6 is 0 Å². The van der Waals surface area contributed by atoms with Crippen molar-refractivity contribution in [2.45, 2.75) is 20.8 Å². The van der Waals surface area contributed by atoms with Crippen molar-refractivity contribution in [1.29, 1.82) is 0 Å². The Morgan fingerprint density at radius 3 is 0.907 bits per heavy atom. The molecule has 6 heterocycles. The number of aryl methyl sites for hydroxylation is 3. The molecule has 258 valence electrons. The lowest BCUT2D eigenvalue weighted by molar-refractivity contribution is 1.06. The maximum atomic E-state index is 5.24. The topological polar surface area (TPSA) is 92.1 Å². The highest BCUT2D eigenvalue weighted by molar-refractivity contribution is 5.88. The summed E-state index contributed by atoms with van der Waals surface area (Å²) in [4.78, 5) is 30.2. The van der Waals surface area contributed by atoms with Gasteiger partial charge in [-0.2, -0.15) is 0 Å². The third-order valence-electron chi connectivity index (χ3n) is 9.83. The molecule has 0 amide bonds. The molecule has 0 saturated carbocycles. The number of hydrogen-bond acceptors (Lipinski definition) is 6. The number of imidazole rings is 3. The van der Waals surface area contributed by atoms with Crippen LogP contribution in [-0.2, 0) is 0 Å². The van der Waals surface area contributed by atoms with E-state index in [2.05, 4.69) is 125 Å². The van der Waals surface area contributed by atoms with Crippen LogP contribution in [0.1, 0.15) is 16.7 Å². The molecule has 9 heteroatoms. The minimum Gasteiger partial charge on any atom is -0.277 e. The van der Waals surface area contributed by atoms with Crippen molar-refractivity contribution in [3.05, 3.63) is 163 Å². The number of aromatic nitrogens is 9. The summed E-state index contributed by atoms with van der Waals surface area (Å²) in [5.74, 6) is 2.26. The number of fused-ring (bicyclic) bond motifs is 3. The number of hydrogen-bond donors (Lipinski definition) is 0. The van der Waals surface area contributed by atoms with E-state index in [1.54, 1.807) is 0 Å². The van der Waals surface area contributed by atoms with Crippen molar-refractivity contribution in [3.63, 3.8) is 0 Å². The first-order valence-electron chi connectivity index (χ1n) is 17.9. The Kier molecular flexibility index (Phi) is 7.26. The van der Waals surface area contributed by atoms with Crippen molar-refractivity contribution in [3.8, 4) is 51.2 Å². The highest BCUT2D eigenvalue weighted by Gasteiger charge is 2.23. The Morgan fingerprint density at radius 1 is 0.352 bits per heavy atom. The van der Waals surface area contributed by atoms with Gasteiger partial charge in [0.25, 0.3) is 0 Å². The SMILES string of the molecule is Cc1ccc(-n2c(-c3cc(-c4nc5cccnc5n4-c4ccc(C)cc4)cc(-c4nc5cccnc5n4-c4ccc(C)cc4)c3)nc3cccnc32)cc1. The summed E-state index contributed by atoms with van der Waals surface area (Å²) in [6.45, 7) is 6.28. The molecule has 0 spiro atoms. The Labute approximate surface area is 310 Å². The average Bonchev–Trinajstić information content (AvgIpc) is 3.91. The van der Waals surface area contributed by atoms with E-state index in [1.165, 1.54) is 16.7 Å². The molecule has 0 aliphatic carbocycles. The molecule has 0 bridgehead atoms. The van der Waals surface area contributed by atoms with E-state index in [9.17, 15) is 0 Å². The van der Waals surface area contributed by atoms with Gasteiger partial charge in [0.1, 0.15) is 34.0 Å². The van der Waals surface area contributed by atoms with Gasteiger partial charge in [0, 0.05) is 52.3 Å². The number of nitrogens with zero attached hydrogens (tertiary/aromatic N) is 9. The van der Waals surface area contributed by atoms with Crippen LogP contribution in [0.2, 0.25) is 0 Å². The van der Waals surface area contributed by atoms with E-state index in [1.807, 2.05) is 55.0 Å². The number of rotatable bonds is 6. The molecule has 10 aromatic rings. The lowest BCUT2D eigenvalue weighted by atomic mass is 10.0. The monoisotopic (exact) mass is 699 g/mol. The maximum absolute atomic E-state index is 5.24. The minimum atomic E-state index is 0.753. The lowest BCUT2D eigenvalue weighted by Crippen LogP contribution is -2.03. The predicted molar refractivity (Wildman–Crippen MR) is 214 cm³/mol. The molecule has 10 rings (SSSR count). The third kappa shape index (κ3) is 5.25. The Bertz CT molecular complexity index is 2670. The average molecular weight is 700 g/mol. The summed E-state index contributed by atoms with van der Waals surface area (Å²) >= 11 is 0. The third-order valence-corrected chi connectivity index (χ3v) is 9.83. The molecule has 6 aromatic heterocycles. The Hall–Kier alpha value is -7.26. The zero-order valence-electron chi connectivity index (χ0n) is 29.9. The van der Waals surface area contributed by atoms with Crippen LogP contribution in [0.25, 0.3) is 84.7 Å². The first-order valence-corrected chi connectivity index (χ1v) is 17.9. The first-order chi connectivity index (χ1) is 26.5. The zero-order chi connectivity index (χ0) is 36.3. The summed E-state index contributed by atoms with van der Waals surface area (Å²) in [6.07, 6.45) is 5.44. The molecule has 0 atom stereocenters. The predicted octanol–water partition coefficient (Wildman–Crippen LogP) is 9.81. The molecule has 0 unspecified atom stereocenters. The second-order valence-corrected chi connectivity index (χ2v) is 13.7. The van der Waals surface area contributed by atoms with Gasteiger partial charge in [0.2, 0.25) is 0 Å². The van der Waals surface area contributed by atoms with Crippen molar-refractivity contribution >= 4 is 33.5 Å². The van der Waals surface area contributed by atoms with Crippen LogP contribution in [0, 0.1) is 20.8 Å². The standard InChI is InChI=1S/C45H33N9/c1-28-10-16-34(17-11-28)52-40(49-37-7-4-22-46-43(37)52)31-25-32(41-50-38-8-5-23-47-44(38)53(41)35-18-12-29(2)13-19-35)27-33(26-31)42-51-39-9-6-24-48-45(39)54(42)36-20-14-30(3)15-21-36/h4-27H,1-3H3. The molecule has 0 aliphatic heterocycles. The van der Waals surface area contributed by atoms with Crippen LogP contribution in [0.3, 0.4) is 0 Å². The second kappa shape index (κ2) is 12.5. The molecular formula is C45H33N9. The Balaban J connectivity index is 1.30. The summed E-state index contributed by atoms with van der Waals surface area (Å²) in [7, 11) is 0. The van der Waals surface area contributed by atoms with Gasteiger partial charge in [-0.3, -0.25) is 13.7 Å². The van der Waals surface area contributed by atoms with Crippen molar-refractivity contribution < 1.29 is 0 Å². The van der Waals surface area contributed by atoms with E-state index in [0.29, 0.717) is 0 Å². The minimum absolute atomic E-state index is 0.753. The summed E-state index contributed by atoms with van der Waals surface area (Å²) < 4.78 is 6.39. The van der Waals surface area contributed by atoms with E-state index in [-0.39, 0.29) is 0 Å². The smallest absolute Gasteiger partial charge is 0.164 e. The van der Waals surface area contributed by atoms with E-state index >= 15 is 0 Å². The van der Waals surface area contributed by atoms with E-state index < -0.39 is 0 Å². The number of benzene rings is 4. The maximum Gasteiger partial charge on any atom is 0.164 e. The zero-order valence-corrected chi connectivity index (χ0v) is 29.9. The van der Waals surface area contributed by atoms with Gasteiger partial charge in [-0.25, -0.2) is 29.9 Å². The van der Waals surface area contributed by atoms with Gasteiger partial charge < -0.3 is 0 Å². The van der Waals surface area contributed by atoms with Crippen molar-refractivity contribution in [2.24, 2.45) is 0 Å². The van der Waals surface area contributed by atoms with Gasteiger partial charge in [0.05, 0.1) is 0 Å². The summed E-state index contributed by atoms with van der Waals surface area (Å²) in [5, 5.41) is 0. The van der Waals surface area contributed by atoms with Crippen LogP contribution in [0.4, 0.5) is 0 Å². The first kappa shape index (κ1) is 31.5. The largest absolute Gasteiger partial charge is 0.277 e. The highest BCUT2D eigenvalue weighted by Crippen LogP contribution is 2.38. The Morgan fingerprint density at radius 2 is 0.630 bits per heavy atom. The normalized spacial score (nSPS) is 11.6. The second-order valence-electron chi connectivity index (χ2n) is 13.7. The van der Waals surface area contributed by atoms with Gasteiger partial charge in [-0.1, -0.05) is 53.1 Å². The van der Waals surface area contributed by atoms with E-state index in [4.69, 9.17) is 29.9 Å². The van der Waals surface area contributed by atoms with Crippen LogP contribution in [0.5, 0.6) is 0 Å². The molecule has 4 aromatic carbocycles. The molecule has 0 aliphatic rings. The fourth-order valence-electron chi connectivity index (χ4n) is 7.15. The number of pyridine rings is 3. The molecule has 0 radical (unpaired) electrons. The molecule has 0 saturated heterocycles.